The molecule has 1 aliphatic rings. The fourth-order valence-electron chi connectivity index (χ4n) is 4.30. The van der Waals surface area contributed by atoms with Gasteiger partial charge in [-0.3, -0.25) is 24.5 Å². The number of thioether (sulfide) groups is 1. The number of benzene rings is 1. The van der Waals surface area contributed by atoms with Crippen molar-refractivity contribution in [3.05, 3.63) is 49.1 Å². The van der Waals surface area contributed by atoms with E-state index in [2.05, 4.69) is 17.2 Å². The molecule has 1 aromatic carbocycles. The van der Waals surface area contributed by atoms with Gasteiger partial charge in [0, 0.05) is 17.0 Å². The molecule has 0 saturated heterocycles. The zero-order valence-corrected chi connectivity index (χ0v) is 24.3. The second-order valence-corrected chi connectivity index (χ2v) is 12.1. The van der Waals surface area contributed by atoms with Crippen molar-refractivity contribution in [1.29, 1.82) is 0 Å². The summed E-state index contributed by atoms with van der Waals surface area (Å²) in [6, 6.07) is 4.14. The Morgan fingerprint density at radius 1 is 1.20 bits per heavy atom. The summed E-state index contributed by atoms with van der Waals surface area (Å²) in [6.07, 6.45) is 2.55. The third-order valence-electron chi connectivity index (χ3n) is 6.23. The van der Waals surface area contributed by atoms with Crippen molar-refractivity contribution in [3.63, 3.8) is 0 Å². The minimum Gasteiger partial charge on any atom is -0.468 e. The highest BCUT2D eigenvalue weighted by molar-refractivity contribution is 8.00. The van der Waals surface area contributed by atoms with Crippen molar-refractivity contribution in [2.24, 2.45) is 10.9 Å². The Kier molecular flexibility index (Phi) is 9.37. The first kappa shape index (κ1) is 29.4. The molecule has 0 aliphatic heterocycles. The molecule has 4 rings (SSSR count). The van der Waals surface area contributed by atoms with E-state index >= 15 is 0 Å². The summed E-state index contributed by atoms with van der Waals surface area (Å²) in [5.74, 6) is -1.66. The maximum atomic E-state index is 12.7. The normalized spacial score (nSPS) is 15.0. The molecule has 2 aromatic heterocycles. The molecule has 1 unspecified atom stereocenters. The molecule has 40 heavy (non-hydrogen) atoms. The molecule has 212 valence electrons. The van der Waals surface area contributed by atoms with Crippen molar-refractivity contribution in [1.82, 2.24) is 4.57 Å². The third kappa shape index (κ3) is 6.59. The molecule has 1 atom stereocenters. The number of aromatic nitrogens is 1. The topological polar surface area (TPSA) is 159 Å². The van der Waals surface area contributed by atoms with E-state index in [1.807, 2.05) is 0 Å². The molecule has 0 radical (unpaired) electrons. The number of non-ortho nitro benzene ring substituents is 1. The zero-order valence-electron chi connectivity index (χ0n) is 21.9. The Morgan fingerprint density at radius 2 is 1.98 bits per heavy atom. The molecule has 2 amide bonds. The second-order valence-electron chi connectivity index (χ2n) is 9.05. The van der Waals surface area contributed by atoms with Crippen molar-refractivity contribution >= 4 is 79.1 Å². The summed E-state index contributed by atoms with van der Waals surface area (Å²) in [5.41, 5.74) is 1.70. The van der Waals surface area contributed by atoms with Crippen LogP contribution in [0.15, 0.2) is 23.2 Å². The largest absolute Gasteiger partial charge is 0.468 e. The van der Waals surface area contributed by atoms with E-state index in [9.17, 15) is 29.3 Å². The van der Waals surface area contributed by atoms with E-state index < -0.39 is 22.8 Å². The smallest absolute Gasteiger partial charge is 0.341 e. The van der Waals surface area contributed by atoms with E-state index in [0.717, 1.165) is 52.8 Å². The van der Waals surface area contributed by atoms with Gasteiger partial charge >= 0.3 is 11.9 Å². The number of carbonyl (C=O) groups is 4. The molecule has 0 bridgehead atoms. The SMILES string of the molecule is COC(=O)Cn1c(=NC(=O)CSCC(=O)Nc2sc3c(c2C(=O)OC)CCC(C)C3)sc2cc([N+](=O)[O-])ccc21. The van der Waals surface area contributed by atoms with E-state index in [1.54, 1.807) is 0 Å². The monoisotopic (exact) mass is 606 g/mol. The summed E-state index contributed by atoms with van der Waals surface area (Å²) < 4.78 is 11.6. The van der Waals surface area contributed by atoms with Crippen LogP contribution in [0, 0.1) is 16.0 Å². The van der Waals surface area contributed by atoms with Crippen molar-refractivity contribution in [3.8, 4) is 0 Å². The predicted octanol–water partition coefficient (Wildman–Crippen LogP) is 3.56. The number of esters is 2. The first-order valence-electron chi connectivity index (χ1n) is 12.1. The van der Waals surface area contributed by atoms with Crippen LogP contribution in [0.2, 0.25) is 0 Å². The molecule has 0 saturated carbocycles. The summed E-state index contributed by atoms with van der Waals surface area (Å²) in [7, 11) is 2.53. The molecule has 0 fully saturated rings. The highest BCUT2D eigenvalue weighted by atomic mass is 32.2. The van der Waals surface area contributed by atoms with E-state index in [1.165, 1.54) is 48.3 Å². The first-order chi connectivity index (χ1) is 19.1. The molecule has 15 heteroatoms. The van der Waals surface area contributed by atoms with E-state index in [4.69, 9.17) is 9.47 Å². The van der Waals surface area contributed by atoms with Crippen LogP contribution in [0.5, 0.6) is 0 Å². The van der Waals surface area contributed by atoms with Gasteiger partial charge in [-0.1, -0.05) is 18.3 Å². The van der Waals surface area contributed by atoms with Crippen molar-refractivity contribution in [2.75, 3.05) is 31.0 Å². The highest BCUT2D eigenvalue weighted by Gasteiger charge is 2.29. The number of fused-ring (bicyclic) bond motifs is 2. The number of anilines is 1. The van der Waals surface area contributed by atoms with Crippen LogP contribution in [-0.4, -0.2) is 59.0 Å². The fourth-order valence-corrected chi connectivity index (χ4v) is 7.39. The lowest BCUT2D eigenvalue weighted by Gasteiger charge is -2.18. The quantitative estimate of drug-likeness (QED) is 0.218. The average molecular weight is 607 g/mol. The van der Waals surface area contributed by atoms with Crippen LogP contribution in [0.1, 0.15) is 34.1 Å². The van der Waals surface area contributed by atoms with Gasteiger partial charge in [-0.25, -0.2) is 4.79 Å². The van der Waals surface area contributed by atoms with E-state index in [-0.39, 0.29) is 34.4 Å². The van der Waals surface area contributed by atoms with E-state index in [0.29, 0.717) is 26.7 Å². The van der Waals surface area contributed by atoms with Crippen molar-refractivity contribution < 1.29 is 33.6 Å². The number of ether oxygens (including phenoxy) is 2. The maximum Gasteiger partial charge on any atom is 0.341 e. The lowest BCUT2D eigenvalue weighted by Crippen LogP contribution is -2.23. The Hall–Kier alpha value is -3.56. The number of nitrogens with one attached hydrogen (secondary N) is 1. The number of thiophene rings is 1. The molecular formula is C25H26N4O8S3. The zero-order chi connectivity index (χ0) is 29.0. The number of amides is 2. The van der Waals surface area contributed by atoms with Gasteiger partial charge in [0.15, 0.2) is 4.80 Å². The number of hydrogen-bond acceptors (Lipinski definition) is 11. The predicted molar refractivity (Wildman–Crippen MR) is 152 cm³/mol. The first-order valence-corrected chi connectivity index (χ1v) is 14.9. The third-order valence-corrected chi connectivity index (χ3v) is 9.35. The number of methoxy groups -OCH3 is 2. The summed E-state index contributed by atoms with van der Waals surface area (Å²) >= 11 is 3.46. The number of thiazole rings is 1. The number of rotatable bonds is 9. The van der Waals surface area contributed by atoms with Crippen LogP contribution in [-0.2, 0) is 43.2 Å². The van der Waals surface area contributed by atoms with Gasteiger partial charge in [0.25, 0.3) is 11.6 Å². The van der Waals surface area contributed by atoms with Crippen LogP contribution >= 0.6 is 34.4 Å². The molecular weight excluding hydrogens is 580 g/mol. The highest BCUT2D eigenvalue weighted by Crippen LogP contribution is 2.40. The minimum absolute atomic E-state index is 0.0540. The summed E-state index contributed by atoms with van der Waals surface area (Å²) in [5, 5.41) is 14.4. The molecule has 2 heterocycles. The number of nitrogens with zero attached hydrogens (tertiary/aromatic N) is 3. The van der Waals surface area contributed by atoms with Gasteiger partial charge < -0.3 is 19.4 Å². The Bertz CT molecular complexity index is 1570. The van der Waals surface area contributed by atoms with Crippen LogP contribution < -0.4 is 10.1 Å². The number of nitro groups is 1. The van der Waals surface area contributed by atoms with Crippen LogP contribution in [0.3, 0.4) is 0 Å². The number of carbonyl (C=O) groups excluding carboxylic acids is 4. The van der Waals surface area contributed by atoms with Crippen LogP contribution in [0.25, 0.3) is 10.2 Å². The Balaban J connectivity index is 1.45. The lowest BCUT2D eigenvalue weighted by atomic mass is 9.88. The molecule has 1 N–H and O–H groups in total. The second kappa shape index (κ2) is 12.7. The standard InChI is InChI=1S/C25H26N4O8S3/c1-13-4-6-15-17(8-13)39-23(22(15)24(33)37-3)26-19(30)11-38-12-20(31)27-25-28(10-21(32)36-2)16-7-5-14(29(34)35)9-18(16)40-25/h5,7,9,13H,4,6,8,10-12H2,1-3H3,(H,26,30). The van der Waals surface area contributed by atoms with Gasteiger partial charge in [0.1, 0.15) is 11.5 Å². The Morgan fingerprint density at radius 3 is 2.67 bits per heavy atom. The molecule has 3 aromatic rings. The van der Waals surface area contributed by atoms with Gasteiger partial charge in [-0.2, -0.15) is 4.99 Å². The Labute approximate surface area is 240 Å². The van der Waals surface area contributed by atoms with Crippen molar-refractivity contribution in [2.45, 2.75) is 32.7 Å². The van der Waals surface area contributed by atoms with Crippen LogP contribution in [0.4, 0.5) is 10.7 Å². The molecule has 1 aliphatic carbocycles. The number of nitro benzene ring substituents is 1. The fraction of sp³-hybridized carbons (Fsp3) is 0.400. The maximum absolute atomic E-state index is 12.7. The van der Waals surface area contributed by atoms with Gasteiger partial charge in [-0.05, 0) is 36.8 Å². The summed E-state index contributed by atoms with van der Waals surface area (Å²) in [6.45, 7) is 1.92. The molecule has 12 nitrogen and oxygen atoms in total. The van der Waals surface area contributed by atoms with Gasteiger partial charge in [-0.15, -0.1) is 23.1 Å². The van der Waals surface area contributed by atoms with Gasteiger partial charge in [0.2, 0.25) is 5.91 Å². The minimum atomic E-state index is -0.575. The van der Waals surface area contributed by atoms with Gasteiger partial charge in [0.05, 0.1) is 46.4 Å². The lowest BCUT2D eigenvalue weighted by molar-refractivity contribution is -0.384. The number of hydrogen-bond donors (Lipinski definition) is 1. The molecule has 0 spiro atoms. The summed E-state index contributed by atoms with van der Waals surface area (Å²) in [4.78, 5) is 65.7. The average Bonchev–Trinajstić information content (AvgIpc) is 3.43.